The highest BCUT2D eigenvalue weighted by atomic mass is 16.1. The molecule has 1 aliphatic heterocycles. The molecule has 0 atom stereocenters. The quantitative estimate of drug-likeness (QED) is 0.885. The second kappa shape index (κ2) is 8.11. The number of aryl methyl sites for hydroxylation is 1. The van der Waals surface area contributed by atoms with Crippen molar-refractivity contribution in [3.63, 3.8) is 0 Å². The molecule has 0 spiro atoms. The molecule has 1 fully saturated rings. The molecule has 1 amide bonds. The molecule has 1 saturated heterocycles. The van der Waals surface area contributed by atoms with E-state index >= 15 is 0 Å². The lowest BCUT2D eigenvalue weighted by Gasteiger charge is -2.28. The summed E-state index contributed by atoms with van der Waals surface area (Å²) in [5.41, 5.74) is 2.13. The van der Waals surface area contributed by atoms with E-state index in [2.05, 4.69) is 37.2 Å². The van der Waals surface area contributed by atoms with Gasteiger partial charge in [0.2, 0.25) is 0 Å². The second-order valence-corrected chi connectivity index (χ2v) is 6.62. The molecule has 2 aromatic heterocycles. The van der Waals surface area contributed by atoms with Crippen LogP contribution in [0.4, 0.5) is 0 Å². The van der Waals surface area contributed by atoms with Crippen LogP contribution in [0, 0.1) is 12.8 Å². The number of likely N-dealkylation sites (tertiary alicyclic amines) is 1. The van der Waals surface area contributed by atoms with Crippen LogP contribution >= 0.6 is 0 Å². The first-order valence-electron chi connectivity index (χ1n) is 8.66. The number of nitrogens with one attached hydrogen (secondary N) is 1. The highest BCUT2D eigenvalue weighted by Gasteiger charge is 2.17. The maximum absolute atomic E-state index is 12.1. The molecule has 1 aliphatic rings. The lowest BCUT2D eigenvalue weighted by Crippen LogP contribution is -2.31. The first-order valence-corrected chi connectivity index (χ1v) is 8.66. The second-order valence-electron chi connectivity index (χ2n) is 6.62. The van der Waals surface area contributed by atoms with Gasteiger partial charge in [-0.3, -0.25) is 14.8 Å². The molecule has 25 heavy (non-hydrogen) atoms. The van der Waals surface area contributed by atoms with Crippen molar-refractivity contribution in [3.05, 3.63) is 47.6 Å². The van der Waals surface area contributed by atoms with Crippen molar-refractivity contribution in [1.29, 1.82) is 0 Å². The molecule has 0 aliphatic carbocycles. The SMILES string of the molecule is Cc1nccc(C(=O)NCc2cnc(CC3CCN(C)CC3)cn2)n1. The summed E-state index contributed by atoms with van der Waals surface area (Å²) >= 11 is 0. The highest BCUT2D eigenvalue weighted by Crippen LogP contribution is 2.19. The van der Waals surface area contributed by atoms with Crippen LogP contribution in [0.2, 0.25) is 0 Å². The molecule has 132 valence electrons. The molecule has 3 heterocycles. The molecule has 7 heteroatoms. The largest absolute Gasteiger partial charge is 0.345 e. The Morgan fingerprint density at radius 3 is 2.60 bits per heavy atom. The van der Waals surface area contributed by atoms with Crippen LogP contribution in [-0.4, -0.2) is 50.9 Å². The molecule has 2 aromatic rings. The average Bonchev–Trinajstić information content (AvgIpc) is 2.63. The van der Waals surface area contributed by atoms with E-state index in [1.54, 1.807) is 25.4 Å². The fraction of sp³-hybridized carbons (Fsp3) is 0.500. The standard InChI is InChI=1S/C18H24N6O/c1-13-19-6-3-17(23-13)18(25)22-12-16-11-20-15(10-21-16)9-14-4-7-24(2)8-5-14/h3,6,10-11,14H,4-5,7-9,12H2,1-2H3,(H,22,25). The Balaban J connectivity index is 1.50. The molecule has 0 saturated carbocycles. The number of carbonyl (C=O) groups is 1. The fourth-order valence-electron chi connectivity index (χ4n) is 2.98. The fourth-order valence-corrected chi connectivity index (χ4v) is 2.98. The Hall–Kier alpha value is -2.41. The normalized spacial score (nSPS) is 15.9. The van der Waals surface area contributed by atoms with Gasteiger partial charge in [-0.1, -0.05) is 0 Å². The van der Waals surface area contributed by atoms with Gasteiger partial charge in [-0.25, -0.2) is 9.97 Å². The number of carbonyl (C=O) groups excluding carboxylic acids is 1. The Labute approximate surface area is 147 Å². The van der Waals surface area contributed by atoms with Gasteiger partial charge >= 0.3 is 0 Å². The van der Waals surface area contributed by atoms with Gasteiger partial charge in [0.15, 0.2) is 0 Å². The van der Waals surface area contributed by atoms with Gasteiger partial charge in [-0.15, -0.1) is 0 Å². The maximum Gasteiger partial charge on any atom is 0.270 e. The van der Waals surface area contributed by atoms with Gasteiger partial charge in [-0.05, 0) is 58.3 Å². The predicted octanol–water partition coefficient (Wildman–Crippen LogP) is 1.39. The van der Waals surface area contributed by atoms with Crippen LogP contribution in [-0.2, 0) is 13.0 Å². The Bertz CT molecular complexity index is 710. The zero-order valence-corrected chi connectivity index (χ0v) is 14.8. The minimum Gasteiger partial charge on any atom is -0.345 e. The minimum absolute atomic E-state index is 0.234. The van der Waals surface area contributed by atoms with Crippen LogP contribution in [0.15, 0.2) is 24.7 Å². The summed E-state index contributed by atoms with van der Waals surface area (Å²) < 4.78 is 0. The Kier molecular flexibility index (Phi) is 5.65. The molecule has 7 nitrogen and oxygen atoms in total. The van der Waals surface area contributed by atoms with Crippen LogP contribution in [0.3, 0.4) is 0 Å². The summed E-state index contributed by atoms with van der Waals surface area (Å²) in [6, 6.07) is 1.60. The molecule has 0 radical (unpaired) electrons. The molecule has 3 rings (SSSR count). The van der Waals surface area contributed by atoms with Crippen molar-refractivity contribution in [2.24, 2.45) is 5.92 Å². The number of hydrogen-bond donors (Lipinski definition) is 1. The van der Waals surface area contributed by atoms with Crippen molar-refractivity contribution < 1.29 is 4.79 Å². The number of nitrogens with zero attached hydrogens (tertiary/aromatic N) is 5. The smallest absolute Gasteiger partial charge is 0.270 e. The third kappa shape index (κ3) is 5.03. The molecule has 0 unspecified atom stereocenters. The van der Waals surface area contributed by atoms with E-state index in [1.165, 1.54) is 12.8 Å². The topological polar surface area (TPSA) is 83.9 Å². The summed E-state index contributed by atoms with van der Waals surface area (Å²) in [5.74, 6) is 1.03. The molecule has 1 N–H and O–H groups in total. The first-order chi connectivity index (χ1) is 12.1. The third-order valence-electron chi connectivity index (χ3n) is 4.53. The average molecular weight is 340 g/mol. The summed E-state index contributed by atoms with van der Waals surface area (Å²) in [4.78, 5) is 31.5. The highest BCUT2D eigenvalue weighted by molar-refractivity contribution is 5.92. The molecule has 0 bridgehead atoms. The minimum atomic E-state index is -0.234. The van der Waals surface area contributed by atoms with Gasteiger partial charge in [0.25, 0.3) is 5.91 Å². The van der Waals surface area contributed by atoms with Crippen molar-refractivity contribution >= 4 is 5.91 Å². The summed E-state index contributed by atoms with van der Waals surface area (Å²) in [6.45, 7) is 4.41. The van der Waals surface area contributed by atoms with E-state index in [4.69, 9.17) is 0 Å². The molecular weight excluding hydrogens is 316 g/mol. The van der Waals surface area contributed by atoms with E-state index in [1.807, 2.05) is 6.20 Å². The van der Waals surface area contributed by atoms with Gasteiger partial charge in [0, 0.05) is 12.4 Å². The van der Waals surface area contributed by atoms with Crippen molar-refractivity contribution in [2.45, 2.75) is 32.7 Å². The van der Waals surface area contributed by atoms with Crippen LogP contribution in [0.5, 0.6) is 0 Å². The number of hydrogen-bond acceptors (Lipinski definition) is 6. The van der Waals surface area contributed by atoms with Gasteiger partial charge in [0.05, 0.1) is 24.1 Å². The molecular formula is C18H24N6O. The van der Waals surface area contributed by atoms with E-state index in [9.17, 15) is 4.79 Å². The third-order valence-corrected chi connectivity index (χ3v) is 4.53. The molecule has 0 aromatic carbocycles. The number of rotatable bonds is 5. The van der Waals surface area contributed by atoms with E-state index in [-0.39, 0.29) is 5.91 Å². The summed E-state index contributed by atoms with van der Waals surface area (Å²) in [7, 11) is 2.17. The lowest BCUT2D eigenvalue weighted by atomic mass is 9.92. The Morgan fingerprint density at radius 2 is 1.92 bits per heavy atom. The first kappa shape index (κ1) is 17.4. The zero-order chi connectivity index (χ0) is 17.6. The maximum atomic E-state index is 12.1. The number of aromatic nitrogens is 4. The Morgan fingerprint density at radius 1 is 1.20 bits per heavy atom. The van der Waals surface area contributed by atoms with E-state index in [0.29, 0.717) is 24.0 Å². The van der Waals surface area contributed by atoms with Crippen LogP contribution in [0.1, 0.15) is 40.5 Å². The van der Waals surface area contributed by atoms with Gasteiger partial charge in [0.1, 0.15) is 11.5 Å². The summed E-state index contributed by atoms with van der Waals surface area (Å²) in [6.07, 6.45) is 8.57. The van der Waals surface area contributed by atoms with Crippen molar-refractivity contribution in [3.8, 4) is 0 Å². The summed E-state index contributed by atoms with van der Waals surface area (Å²) in [5, 5.41) is 2.81. The van der Waals surface area contributed by atoms with E-state index in [0.717, 1.165) is 30.9 Å². The lowest BCUT2D eigenvalue weighted by molar-refractivity contribution is 0.0945. The number of piperidine rings is 1. The zero-order valence-electron chi connectivity index (χ0n) is 14.8. The van der Waals surface area contributed by atoms with Gasteiger partial charge < -0.3 is 10.2 Å². The van der Waals surface area contributed by atoms with Crippen LogP contribution < -0.4 is 5.32 Å². The predicted molar refractivity (Wildman–Crippen MR) is 93.9 cm³/mol. The van der Waals surface area contributed by atoms with Crippen molar-refractivity contribution in [2.75, 3.05) is 20.1 Å². The monoisotopic (exact) mass is 340 g/mol. The number of amides is 1. The van der Waals surface area contributed by atoms with Crippen molar-refractivity contribution in [1.82, 2.24) is 30.2 Å². The van der Waals surface area contributed by atoms with Gasteiger partial charge in [-0.2, -0.15) is 0 Å². The van der Waals surface area contributed by atoms with Crippen LogP contribution in [0.25, 0.3) is 0 Å². The van der Waals surface area contributed by atoms with E-state index < -0.39 is 0 Å².